The minimum atomic E-state index is -1.37. The monoisotopic (exact) mass is 181 g/mol. The Morgan fingerprint density at radius 2 is 2.23 bits per heavy atom. The third-order valence-corrected chi connectivity index (χ3v) is 1.52. The van der Waals surface area contributed by atoms with Crippen LogP contribution in [0.1, 0.15) is 12.5 Å². The van der Waals surface area contributed by atoms with Crippen LogP contribution in [-0.4, -0.2) is 12.6 Å². The van der Waals surface area contributed by atoms with Crippen molar-refractivity contribution in [3.05, 3.63) is 29.8 Å². The SMILES string of the molecule is CC(F)Oc1ccccc1C[C]=O. The van der Waals surface area contributed by atoms with Crippen LogP contribution in [0.4, 0.5) is 4.39 Å². The maximum absolute atomic E-state index is 12.5. The Kier molecular flexibility index (Phi) is 3.43. The van der Waals surface area contributed by atoms with Crippen LogP contribution in [-0.2, 0) is 11.2 Å². The van der Waals surface area contributed by atoms with E-state index >= 15 is 0 Å². The van der Waals surface area contributed by atoms with E-state index in [1.807, 2.05) is 0 Å². The zero-order valence-corrected chi connectivity index (χ0v) is 7.29. The summed E-state index contributed by atoms with van der Waals surface area (Å²) in [5, 5.41) is 0. The van der Waals surface area contributed by atoms with Crippen molar-refractivity contribution in [1.29, 1.82) is 0 Å². The van der Waals surface area contributed by atoms with Gasteiger partial charge in [-0.25, -0.2) is 4.39 Å². The molecule has 0 bridgehead atoms. The first kappa shape index (κ1) is 9.71. The molecule has 0 fully saturated rings. The van der Waals surface area contributed by atoms with Crippen molar-refractivity contribution in [3.8, 4) is 5.75 Å². The largest absolute Gasteiger partial charge is 0.460 e. The molecule has 0 aromatic heterocycles. The van der Waals surface area contributed by atoms with Crippen molar-refractivity contribution in [2.75, 3.05) is 0 Å². The van der Waals surface area contributed by atoms with E-state index < -0.39 is 6.36 Å². The zero-order valence-electron chi connectivity index (χ0n) is 7.29. The van der Waals surface area contributed by atoms with Gasteiger partial charge >= 0.3 is 0 Å². The van der Waals surface area contributed by atoms with Crippen molar-refractivity contribution in [2.45, 2.75) is 19.7 Å². The fourth-order valence-corrected chi connectivity index (χ4v) is 1.02. The van der Waals surface area contributed by atoms with Gasteiger partial charge in [0.15, 0.2) is 0 Å². The third kappa shape index (κ3) is 2.86. The Labute approximate surface area is 76.3 Å². The van der Waals surface area contributed by atoms with Gasteiger partial charge in [-0.3, -0.25) is 4.79 Å². The highest BCUT2D eigenvalue weighted by Gasteiger charge is 2.05. The van der Waals surface area contributed by atoms with Crippen LogP contribution in [0, 0.1) is 0 Å². The lowest BCUT2D eigenvalue weighted by molar-refractivity contribution is 0.0851. The van der Waals surface area contributed by atoms with Gasteiger partial charge in [0.05, 0.1) is 0 Å². The Morgan fingerprint density at radius 3 is 2.85 bits per heavy atom. The number of hydrogen-bond acceptors (Lipinski definition) is 2. The Morgan fingerprint density at radius 1 is 1.54 bits per heavy atom. The van der Waals surface area contributed by atoms with E-state index in [9.17, 15) is 9.18 Å². The predicted molar refractivity (Wildman–Crippen MR) is 47.0 cm³/mol. The van der Waals surface area contributed by atoms with E-state index in [0.29, 0.717) is 11.3 Å². The van der Waals surface area contributed by atoms with Gasteiger partial charge < -0.3 is 4.74 Å². The highest BCUT2D eigenvalue weighted by atomic mass is 19.1. The summed E-state index contributed by atoms with van der Waals surface area (Å²) in [5.74, 6) is 0.404. The van der Waals surface area contributed by atoms with Crippen molar-refractivity contribution in [1.82, 2.24) is 0 Å². The molecule has 0 heterocycles. The number of carbonyl (C=O) groups excluding carboxylic acids is 1. The number of benzene rings is 1. The van der Waals surface area contributed by atoms with Crippen LogP contribution in [0.15, 0.2) is 24.3 Å². The predicted octanol–water partition coefficient (Wildman–Crippen LogP) is 2.03. The van der Waals surface area contributed by atoms with Crippen molar-refractivity contribution < 1.29 is 13.9 Å². The molecule has 1 radical (unpaired) electrons. The Bertz CT molecular complexity index is 284. The van der Waals surface area contributed by atoms with Crippen LogP contribution < -0.4 is 4.74 Å². The van der Waals surface area contributed by atoms with Gasteiger partial charge in [-0.05, 0) is 6.07 Å². The summed E-state index contributed by atoms with van der Waals surface area (Å²) in [6.07, 6.45) is 0.505. The lowest BCUT2D eigenvalue weighted by Gasteiger charge is -2.09. The van der Waals surface area contributed by atoms with Gasteiger partial charge in [0.1, 0.15) is 5.75 Å². The topological polar surface area (TPSA) is 26.3 Å². The van der Waals surface area contributed by atoms with Gasteiger partial charge in [0.25, 0.3) is 0 Å². The van der Waals surface area contributed by atoms with Crippen LogP contribution in [0.3, 0.4) is 0 Å². The normalized spacial score (nSPS) is 12.2. The number of alkyl halides is 1. The first-order valence-corrected chi connectivity index (χ1v) is 3.97. The molecule has 1 aromatic carbocycles. The van der Waals surface area contributed by atoms with Gasteiger partial charge in [0.2, 0.25) is 12.6 Å². The smallest absolute Gasteiger partial charge is 0.235 e. The molecule has 0 amide bonds. The molecule has 0 aliphatic carbocycles. The van der Waals surface area contributed by atoms with Crippen LogP contribution in [0.5, 0.6) is 5.75 Å². The van der Waals surface area contributed by atoms with Gasteiger partial charge in [-0.2, -0.15) is 0 Å². The third-order valence-electron chi connectivity index (χ3n) is 1.52. The fourth-order valence-electron chi connectivity index (χ4n) is 1.02. The lowest BCUT2D eigenvalue weighted by atomic mass is 10.1. The fraction of sp³-hybridized carbons (Fsp3) is 0.300. The molecule has 69 valence electrons. The molecule has 2 nitrogen and oxygen atoms in total. The summed E-state index contributed by atoms with van der Waals surface area (Å²) in [4.78, 5) is 10.1. The second-order valence-corrected chi connectivity index (χ2v) is 2.59. The maximum Gasteiger partial charge on any atom is 0.235 e. The molecule has 13 heavy (non-hydrogen) atoms. The van der Waals surface area contributed by atoms with Crippen LogP contribution >= 0.6 is 0 Å². The second kappa shape index (κ2) is 4.60. The standard InChI is InChI=1S/C10H10FO2/c1-8(11)13-10-5-3-2-4-9(10)6-7-12/h2-5,8H,6H2,1H3. The zero-order chi connectivity index (χ0) is 9.68. The average molecular weight is 181 g/mol. The number of hydrogen-bond donors (Lipinski definition) is 0. The highest BCUT2D eigenvalue weighted by Crippen LogP contribution is 2.19. The summed E-state index contributed by atoms with van der Waals surface area (Å²) >= 11 is 0. The molecule has 0 saturated carbocycles. The molecule has 1 aromatic rings. The van der Waals surface area contributed by atoms with Crippen molar-refractivity contribution >= 4 is 6.29 Å². The molecule has 0 aliphatic heterocycles. The summed E-state index contributed by atoms with van der Waals surface area (Å²) < 4.78 is 17.3. The number of para-hydroxylation sites is 1. The van der Waals surface area contributed by atoms with Crippen LogP contribution in [0.25, 0.3) is 0 Å². The second-order valence-electron chi connectivity index (χ2n) is 2.59. The first-order chi connectivity index (χ1) is 6.24. The first-order valence-electron chi connectivity index (χ1n) is 3.97. The van der Waals surface area contributed by atoms with E-state index in [-0.39, 0.29) is 6.42 Å². The van der Waals surface area contributed by atoms with E-state index in [2.05, 4.69) is 0 Å². The van der Waals surface area contributed by atoms with E-state index in [0.717, 1.165) is 0 Å². The lowest BCUT2D eigenvalue weighted by Crippen LogP contribution is -2.05. The summed E-state index contributed by atoms with van der Waals surface area (Å²) in [6.45, 7) is 1.29. The van der Waals surface area contributed by atoms with Crippen molar-refractivity contribution in [3.63, 3.8) is 0 Å². The highest BCUT2D eigenvalue weighted by molar-refractivity contribution is 5.58. The van der Waals surface area contributed by atoms with Gasteiger partial charge in [0, 0.05) is 18.9 Å². The molecule has 0 saturated heterocycles. The summed E-state index contributed by atoms with van der Waals surface area (Å²) in [7, 11) is 0. The maximum atomic E-state index is 12.5. The Balaban J connectivity index is 2.83. The summed E-state index contributed by atoms with van der Waals surface area (Å²) in [5.41, 5.74) is 0.655. The molecular weight excluding hydrogens is 171 g/mol. The molecule has 0 spiro atoms. The van der Waals surface area contributed by atoms with E-state index in [4.69, 9.17) is 4.74 Å². The van der Waals surface area contributed by atoms with Gasteiger partial charge in [-0.1, -0.05) is 18.2 Å². The molecule has 3 heteroatoms. The van der Waals surface area contributed by atoms with Crippen molar-refractivity contribution in [2.24, 2.45) is 0 Å². The minimum Gasteiger partial charge on any atom is -0.460 e. The molecule has 0 aliphatic rings. The van der Waals surface area contributed by atoms with Crippen LogP contribution in [0.2, 0.25) is 0 Å². The molecular formula is C10H10FO2. The minimum absolute atomic E-state index is 0.128. The molecule has 1 unspecified atom stereocenters. The van der Waals surface area contributed by atoms with Gasteiger partial charge in [-0.15, -0.1) is 0 Å². The molecule has 1 rings (SSSR count). The molecule has 0 N–H and O–H groups in total. The summed E-state index contributed by atoms with van der Waals surface area (Å²) in [6, 6.07) is 6.83. The van der Waals surface area contributed by atoms with E-state index in [1.165, 1.54) is 6.92 Å². The quantitative estimate of drug-likeness (QED) is 0.710. The van der Waals surface area contributed by atoms with E-state index in [1.54, 1.807) is 30.6 Å². The molecule has 1 atom stereocenters. The number of ether oxygens (including phenoxy) is 1. The number of rotatable bonds is 4. The number of halogens is 1. The Hall–Kier alpha value is -1.38. The average Bonchev–Trinajstić information content (AvgIpc) is 2.08.